The molecule has 2 aliphatic rings. The van der Waals surface area contributed by atoms with Crippen LogP contribution in [-0.2, 0) is 15.7 Å². The monoisotopic (exact) mass is 539 g/mol. The van der Waals surface area contributed by atoms with Crippen LogP contribution in [-0.4, -0.2) is 48.7 Å². The first-order valence-electron chi connectivity index (χ1n) is 13.2. The van der Waals surface area contributed by atoms with Crippen molar-refractivity contribution in [2.75, 3.05) is 30.3 Å². The Morgan fingerprint density at radius 1 is 0.923 bits per heavy atom. The molecule has 1 aliphatic carbocycles. The molecule has 1 heterocycles. The van der Waals surface area contributed by atoms with Crippen LogP contribution in [0, 0.1) is 29.6 Å². The van der Waals surface area contributed by atoms with Crippen LogP contribution in [0.4, 0.5) is 24.5 Å². The number of nitrogens with zero attached hydrogens (tertiary/aromatic N) is 3. The number of nitriles is 2. The fraction of sp³-hybridized carbons (Fsp3) is 0.483. The van der Waals surface area contributed by atoms with E-state index in [4.69, 9.17) is 15.3 Å². The highest BCUT2D eigenvalue weighted by molar-refractivity contribution is 5.77. The van der Waals surface area contributed by atoms with E-state index >= 15 is 0 Å². The molecule has 1 saturated carbocycles. The number of carbonyl (C=O) groups is 1. The molecule has 2 aromatic rings. The van der Waals surface area contributed by atoms with Gasteiger partial charge in [0.2, 0.25) is 5.91 Å². The topological polar surface area (TPSA) is 101 Å². The van der Waals surface area contributed by atoms with Crippen molar-refractivity contribution in [3.05, 3.63) is 58.7 Å². The summed E-state index contributed by atoms with van der Waals surface area (Å²) < 4.78 is 45.6. The third-order valence-corrected chi connectivity index (χ3v) is 7.50. The van der Waals surface area contributed by atoms with Gasteiger partial charge in [0.25, 0.3) is 0 Å². The lowest BCUT2D eigenvalue weighted by atomic mass is 9.92. The number of aryl methyl sites for hydroxylation is 1. The second kappa shape index (κ2) is 12.4. The van der Waals surface area contributed by atoms with Crippen LogP contribution in [0.3, 0.4) is 0 Å². The van der Waals surface area contributed by atoms with E-state index in [1.807, 2.05) is 30.0 Å². The number of likely N-dealkylation sites (tertiary alicyclic amines) is 1. The summed E-state index contributed by atoms with van der Waals surface area (Å²) in [5.74, 6) is -0.0276. The van der Waals surface area contributed by atoms with Crippen LogP contribution in [0.2, 0.25) is 0 Å². The highest BCUT2D eigenvalue weighted by Crippen LogP contribution is 2.34. The maximum absolute atomic E-state index is 13.2. The number of carbonyl (C=O) groups excluding carboxylic acids is 1. The maximum atomic E-state index is 13.2. The highest BCUT2D eigenvalue weighted by atomic mass is 19.4. The summed E-state index contributed by atoms with van der Waals surface area (Å²) >= 11 is 0. The van der Waals surface area contributed by atoms with Crippen LogP contribution in [0.25, 0.3) is 0 Å². The molecule has 1 saturated heterocycles. The summed E-state index contributed by atoms with van der Waals surface area (Å²) in [6, 6.07) is 13.4. The second-order valence-corrected chi connectivity index (χ2v) is 10.2. The Hall–Kier alpha value is -3.76. The number of ether oxygens (including phenoxy) is 1. The third kappa shape index (κ3) is 7.42. The molecule has 2 aromatic carbocycles. The van der Waals surface area contributed by atoms with E-state index < -0.39 is 17.3 Å². The predicted molar refractivity (Wildman–Crippen MR) is 141 cm³/mol. The third-order valence-electron chi connectivity index (χ3n) is 7.50. The van der Waals surface area contributed by atoms with Crippen molar-refractivity contribution in [2.24, 2.45) is 0 Å². The summed E-state index contributed by atoms with van der Waals surface area (Å²) in [5.41, 5.74) is 1.59. The zero-order valence-electron chi connectivity index (χ0n) is 21.9. The van der Waals surface area contributed by atoms with Gasteiger partial charge in [-0.15, -0.1) is 0 Å². The van der Waals surface area contributed by atoms with Crippen molar-refractivity contribution >= 4 is 17.3 Å². The lowest BCUT2D eigenvalue weighted by molar-refractivity contribution is -0.140. The number of hydrogen-bond donors (Lipinski definition) is 2. The molecule has 0 radical (unpaired) electrons. The van der Waals surface area contributed by atoms with Gasteiger partial charge in [0.05, 0.1) is 34.9 Å². The molecule has 10 heteroatoms. The van der Waals surface area contributed by atoms with Gasteiger partial charge in [-0.05, 0) is 87.4 Å². The summed E-state index contributed by atoms with van der Waals surface area (Å²) in [6.07, 6.45) is -0.140. The molecule has 0 atom stereocenters. The molecule has 0 unspecified atom stereocenters. The van der Waals surface area contributed by atoms with Gasteiger partial charge in [-0.25, -0.2) is 0 Å². The van der Waals surface area contributed by atoms with Crippen LogP contribution in [0.15, 0.2) is 36.4 Å². The first-order chi connectivity index (χ1) is 18.7. The molecule has 0 spiro atoms. The number of anilines is 2. The zero-order valence-corrected chi connectivity index (χ0v) is 21.9. The Bertz CT molecular complexity index is 1250. The number of halogens is 3. The van der Waals surface area contributed by atoms with E-state index in [9.17, 15) is 18.0 Å². The lowest BCUT2D eigenvalue weighted by Crippen LogP contribution is -2.44. The minimum atomic E-state index is -4.59. The smallest absolute Gasteiger partial charge is 0.382 e. The van der Waals surface area contributed by atoms with Gasteiger partial charge >= 0.3 is 6.18 Å². The predicted octanol–water partition coefficient (Wildman–Crippen LogP) is 5.60. The van der Waals surface area contributed by atoms with Gasteiger partial charge in [0.15, 0.2) is 0 Å². The Balaban J connectivity index is 1.17. The van der Waals surface area contributed by atoms with Gasteiger partial charge < -0.3 is 20.3 Å². The first kappa shape index (κ1) is 28.3. The van der Waals surface area contributed by atoms with Gasteiger partial charge in [-0.1, -0.05) is 0 Å². The summed E-state index contributed by atoms with van der Waals surface area (Å²) in [5, 5.41) is 24.7. The number of alkyl halides is 3. The fourth-order valence-electron chi connectivity index (χ4n) is 5.24. The van der Waals surface area contributed by atoms with E-state index in [2.05, 4.69) is 16.7 Å². The standard InChI is InChI=1S/C29H32F3N5O2/c1-19-14-24(4-2-20(19)16-33)36-23-10-12-37(13-11-23)28(38)18-39-26-8-6-22(7-9-26)35-25-5-3-21(17-34)27(15-25)29(30,31)32/h2-5,14-15,22-23,26,35-36H,6-13,18H2,1H3. The Kier molecular flexibility index (Phi) is 8.98. The SMILES string of the molecule is Cc1cc(NC2CCN(C(=O)COC3CCC(Nc4ccc(C#N)c(C(F)(F)F)c4)CC3)CC2)ccc1C#N. The minimum absolute atomic E-state index is 0.000918. The lowest BCUT2D eigenvalue weighted by Gasteiger charge is -2.34. The molecule has 0 aromatic heterocycles. The quantitative estimate of drug-likeness (QED) is 0.475. The van der Waals surface area contributed by atoms with Gasteiger partial charge in [-0.2, -0.15) is 23.7 Å². The molecule has 2 N–H and O–H groups in total. The zero-order chi connectivity index (χ0) is 28.0. The largest absolute Gasteiger partial charge is 0.417 e. The molecule has 1 amide bonds. The van der Waals surface area contributed by atoms with Crippen LogP contribution in [0.1, 0.15) is 60.8 Å². The average Bonchev–Trinajstić information content (AvgIpc) is 2.92. The fourth-order valence-corrected chi connectivity index (χ4v) is 5.24. The number of benzene rings is 2. The van der Waals surface area contributed by atoms with E-state index in [1.54, 1.807) is 6.07 Å². The van der Waals surface area contributed by atoms with Crippen molar-refractivity contribution in [1.29, 1.82) is 10.5 Å². The van der Waals surface area contributed by atoms with Crippen LogP contribution >= 0.6 is 0 Å². The Labute approximate surface area is 226 Å². The maximum Gasteiger partial charge on any atom is 0.417 e. The number of amides is 1. The summed E-state index contributed by atoms with van der Waals surface area (Å²) in [4.78, 5) is 14.5. The molecule has 0 bridgehead atoms. The number of nitrogens with one attached hydrogen (secondary N) is 2. The van der Waals surface area contributed by atoms with Crippen molar-refractivity contribution in [3.8, 4) is 12.1 Å². The minimum Gasteiger partial charge on any atom is -0.382 e. The van der Waals surface area contributed by atoms with E-state index in [1.165, 1.54) is 12.1 Å². The van der Waals surface area contributed by atoms with Crippen LogP contribution in [0.5, 0.6) is 0 Å². The second-order valence-electron chi connectivity index (χ2n) is 10.2. The Morgan fingerprint density at radius 2 is 1.49 bits per heavy atom. The van der Waals surface area contributed by atoms with Gasteiger partial charge in [0.1, 0.15) is 6.61 Å². The van der Waals surface area contributed by atoms with Crippen molar-refractivity contribution < 1.29 is 22.7 Å². The molecule has 206 valence electrons. The molecule has 2 fully saturated rings. The van der Waals surface area contributed by atoms with Crippen molar-refractivity contribution in [3.63, 3.8) is 0 Å². The normalized spacial score (nSPS) is 20.1. The highest BCUT2D eigenvalue weighted by Gasteiger charge is 2.34. The first-order valence-corrected chi connectivity index (χ1v) is 13.2. The van der Waals surface area contributed by atoms with E-state index in [0.717, 1.165) is 30.2 Å². The Morgan fingerprint density at radius 3 is 2.05 bits per heavy atom. The van der Waals surface area contributed by atoms with Crippen LogP contribution < -0.4 is 10.6 Å². The molecular weight excluding hydrogens is 507 g/mol. The molecule has 7 nitrogen and oxygen atoms in total. The van der Waals surface area contributed by atoms with E-state index in [-0.39, 0.29) is 30.7 Å². The molecule has 4 rings (SSSR count). The van der Waals surface area contributed by atoms with Crippen molar-refractivity contribution in [2.45, 2.75) is 69.8 Å². The summed E-state index contributed by atoms with van der Waals surface area (Å²) in [7, 11) is 0. The number of rotatable bonds is 7. The van der Waals surface area contributed by atoms with Gasteiger partial charge in [-0.3, -0.25) is 4.79 Å². The summed E-state index contributed by atoms with van der Waals surface area (Å²) in [6.45, 7) is 3.24. The molecule has 39 heavy (non-hydrogen) atoms. The number of piperidine rings is 1. The van der Waals surface area contributed by atoms with E-state index in [0.29, 0.717) is 50.0 Å². The molecular formula is C29H32F3N5O2. The average molecular weight is 540 g/mol. The number of hydrogen-bond acceptors (Lipinski definition) is 6. The molecule has 1 aliphatic heterocycles. The van der Waals surface area contributed by atoms with Gasteiger partial charge in [0, 0.05) is 36.5 Å². The van der Waals surface area contributed by atoms with Crippen molar-refractivity contribution in [1.82, 2.24) is 4.90 Å².